The summed E-state index contributed by atoms with van der Waals surface area (Å²) in [6.07, 6.45) is -2.63. The van der Waals surface area contributed by atoms with Gasteiger partial charge in [0.15, 0.2) is 0 Å². The van der Waals surface area contributed by atoms with Gasteiger partial charge in [0.25, 0.3) is 0 Å². The molecule has 1 atom stereocenters. The highest BCUT2D eigenvalue weighted by Crippen LogP contribution is 2.29. The molecule has 0 spiro atoms. The molecule has 0 saturated heterocycles. The van der Waals surface area contributed by atoms with Gasteiger partial charge >= 0.3 is 6.18 Å². The number of hydrogen-bond acceptors (Lipinski definition) is 2. The zero-order valence-corrected chi connectivity index (χ0v) is 14.7. The summed E-state index contributed by atoms with van der Waals surface area (Å²) in [7, 11) is 0. The Kier molecular flexibility index (Phi) is 5.39. The summed E-state index contributed by atoms with van der Waals surface area (Å²) in [6.45, 7) is 0. The van der Waals surface area contributed by atoms with Crippen LogP contribution in [-0.2, 0) is 28.6 Å². The van der Waals surface area contributed by atoms with Gasteiger partial charge in [-0.05, 0) is 29.3 Å². The number of carbonyl (C=O) groups is 2. The SMILES string of the molecule is NC(=O)[C@H](Cc1c[nH]c2ccccc12)NC(=O)Cc1ccc(C(F)(F)F)cc1. The highest BCUT2D eigenvalue weighted by molar-refractivity contribution is 5.89. The summed E-state index contributed by atoms with van der Waals surface area (Å²) in [5.74, 6) is -1.19. The molecule has 2 amide bonds. The van der Waals surface area contributed by atoms with Crippen molar-refractivity contribution in [2.24, 2.45) is 5.73 Å². The van der Waals surface area contributed by atoms with Gasteiger partial charge in [-0.3, -0.25) is 9.59 Å². The molecular weight excluding hydrogens is 371 g/mol. The van der Waals surface area contributed by atoms with Crippen LogP contribution in [0.25, 0.3) is 10.9 Å². The van der Waals surface area contributed by atoms with E-state index in [-0.39, 0.29) is 12.8 Å². The number of nitrogens with two attached hydrogens (primary N) is 1. The molecule has 0 radical (unpaired) electrons. The lowest BCUT2D eigenvalue weighted by molar-refractivity contribution is -0.137. The fourth-order valence-corrected chi connectivity index (χ4v) is 2.99. The number of primary amides is 1. The fourth-order valence-electron chi connectivity index (χ4n) is 2.99. The van der Waals surface area contributed by atoms with Crippen molar-refractivity contribution in [3.63, 3.8) is 0 Å². The smallest absolute Gasteiger partial charge is 0.368 e. The molecule has 0 bridgehead atoms. The molecule has 0 aliphatic heterocycles. The van der Waals surface area contributed by atoms with Gasteiger partial charge in [-0.25, -0.2) is 0 Å². The van der Waals surface area contributed by atoms with Crippen molar-refractivity contribution in [1.29, 1.82) is 0 Å². The normalized spacial score (nSPS) is 12.7. The van der Waals surface area contributed by atoms with Crippen molar-refractivity contribution in [3.8, 4) is 0 Å². The van der Waals surface area contributed by atoms with Crippen LogP contribution in [0.2, 0.25) is 0 Å². The summed E-state index contributed by atoms with van der Waals surface area (Å²) >= 11 is 0. The van der Waals surface area contributed by atoms with Crippen molar-refractivity contribution in [3.05, 3.63) is 71.4 Å². The summed E-state index contributed by atoms with van der Waals surface area (Å²) in [6, 6.07) is 10.9. The number of fused-ring (bicyclic) bond motifs is 1. The van der Waals surface area contributed by atoms with E-state index in [1.54, 1.807) is 6.20 Å². The third-order valence-electron chi connectivity index (χ3n) is 4.42. The second-order valence-corrected chi connectivity index (χ2v) is 6.46. The molecule has 3 rings (SSSR count). The summed E-state index contributed by atoms with van der Waals surface area (Å²) in [5.41, 5.74) is 6.76. The van der Waals surface area contributed by atoms with E-state index in [4.69, 9.17) is 5.73 Å². The van der Waals surface area contributed by atoms with Gasteiger partial charge in [-0.1, -0.05) is 30.3 Å². The average molecular weight is 389 g/mol. The number of carbonyl (C=O) groups excluding carboxylic acids is 2. The second kappa shape index (κ2) is 7.75. The maximum absolute atomic E-state index is 12.6. The van der Waals surface area contributed by atoms with Crippen molar-refractivity contribution in [2.45, 2.75) is 25.1 Å². The fraction of sp³-hybridized carbons (Fsp3) is 0.200. The van der Waals surface area contributed by atoms with Gasteiger partial charge in [0, 0.05) is 23.5 Å². The topological polar surface area (TPSA) is 88.0 Å². The van der Waals surface area contributed by atoms with Gasteiger partial charge < -0.3 is 16.0 Å². The standard InChI is InChI=1S/C20H18F3N3O2/c21-20(22,23)14-7-5-12(6-8-14)9-18(27)26-17(19(24)28)10-13-11-25-16-4-2-1-3-15(13)16/h1-8,11,17,25H,9-10H2,(H2,24,28)(H,26,27)/t17-/m0/s1. The number of H-pyrrole nitrogens is 1. The Morgan fingerprint density at radius 1 is 1.07 bits per heavy atom. The number of para-hydroxylation sites is 1. The maximum Gasteiger partial charge on any atom is 0.416 e. The van der Waals surface area contributed by atoms with Gasteiger partial charge in [0.05, 0.1) is 12.0 Å². The minimum atomic E-state index is -4.43. The number of aromatic nitrogens is 1. The minimum Gasteiger partial charge on any atom is -0.368 e. The molecule has 2 aromatic carbocycles. The van der Waals surface area contributed by atoms with E-state index in [1.165, 1.54) is 12.1 Å². The zero-order valence-electron chi connectivity index (χ0n) is 14.7. The Labute approximate surface area is 158 Å². The number of rotatable bonds is 6. The number of amides is 2. The molecule has 0 unspecified atom stereocenters. The van der Waals surface area contributed by atoms with Crippen molar-refractivity contribution < 1.29 is 22.8 Å². The molecule has 8 heteroatoms. The molecule has 0 saturated carbocycles. The molecule has 4 N–H and O–H groups in total. The van der Waals surface area contributed by atoms with Crippen LogP contribution in [0.15, 0.2) is 54.7 Å². The largest absolute Gasteiger partial charge is 0.416 e. The molecule has 3 aromatic rings. The Morgan fingerprint density at radius 2 is 1.75 bits per heavy atom. The predicted molar refractivity (Wildman–Crippen MR) is 98.3 cm³/mol. The Bertz CT molecular complexity index is 994. The first kappa shape index (κ1) is 19.5. The van der Waals surface area contributed by atoms with Gasteiger partial charge in [0.2, 0.25) is 11.8 Å². The van der Waals surface area contributed by atoms with Crippen molar-refractivity contribution in [1.82, 2.24) is 10.3 Å². The van der Waals surface area contributed by atoms with Crippen LogP contribution in [0.1, 0.15) is 16.7 Å². The maximum atomic E-state index is 12.6. The molecule has 1 heterocycles. The summed E-state index contributed by atoms with van der Waals surface area (Å²) in [5, 5.41) is 3.49. The molecule has 0 aliphatic carbocycles. The average Bonchev–Trinajstić information content (AvgIpc) is 3.04. The van der Waals surface area contributed by atoms with Gasteiger partial charge in [0.1, 0.15) is 6.04 Å². The Balaban J connectivity index is 1.67. The highest BCUT2D eigenvalue weighted by Gasteiger charge is 2.30. The molecule has 28 heavy (non-hydrogen) atoms. The summed E-state index contributed by atoms with van der Waals surface area (Å²) < 4.78 is 37.8. The van der Waals surface area contributed by atoms with Crippen LogP contribution in [0.3, 0.4) is 0 Å². The van der Waals surface area contributed by atoms with E-state index in [0.717, 1.165) is 28.6 Å². The number of benzene rings is 2. The predicted octanol–water partition coefficient (Wildman–Crippen LogP) is 2.94. The lowest BCUT2D eigenvalue weighted by atomic mass is 10.0. The first-order valence-electron chi connectivity index (χ1n) is 8.54. The number of nitrogens with one attached hydrogen (secondary N) is 2. The molecule has 0 aliphatic rings. The first-order chi connectivity index (χ1) is 13.2. The number of alkyl halides is 3. The number of aromatic amines is 1. The van der Waals surface area contributed by atoms with E-state index in [0.29, 0.717) is 5.56 Å². The Hall–Kier alpha value is -3.29. The van der Waals surface area contributed by atoms with Gasteiger partial charge in [-0.2, -0.15) is 13.2 Å². The van der Waals surface area contributed by atoms with E-state index >= 15 is 0 Å². The third kappa shape index (κ3) is 4.51. The zero-order chi connectivity index (χ0) is 20.3. The minimum absolute atomic E-state index is 0.157. The van der Waals surface area contributed by atoms with Crippen LogP contribution in [0, 0.1) is 0 Å². The second-order valence-electron chi connectivity index (χ2n) is 6.46. The number of hydrogen-bond donors (Lipinski definition) is 3. The summed E-state index contributed by atoms with van der Waals surface area (Å²) in [4.78, 5) is 27.1. The van der Waals surface area contributed by atoms with E-state index in [2.05, 4.69) is 10.3 Å². The van der Waals surface area contributed by atoms with E-state index < -0.39 is 29.6 Å². The molecule has 0 fully saturated rings. The van der Waals surface area contributed by atoms with E-state index in [1.807, 2.05) is 24.3 Å². The van der Waals surface area contributed by atoms with Crippen LogP contribution in [0.4, 0.5) is 13.2 Å². The van der Waals surface area contributed by atoms with Crippen LogP contribution >= 0.6 is 0 Å². The Morgan fingerprint density at radius 3 is 2.39 bits per heavy atom. The third-order valence-corrected chi connectivity index (χ3v) is 4.42. The lowest BCUT2D eigenvalue weighted by Crippen LogP contribution is -2.46. The quantitative estimate of drug-likeness (QED) is 0.605. The van der Waals surface area contributed by atoms with Crippen LogP contribution in [0.5, 0.6) is 0 Å². The van der Waals surface area contributed by atoms with Crippen LogP contribution in [-0.4, -0.2) is 22.8 Å². The van der Waals surface area contributed by atoms with Crippen molar-refractivity contribution in [2.75, 3.05) is 0 Å². The lowest BCUT2D eigenvalue weighted by Gasteiger charge is -2.15. The van der Waals surface area contributed by atoms with Crippen LogP contribution < -0.4 is 11.1 Å². The molecular formula is C20H18F3N3O2. The highest BCUT2D eigenvalue weighted by atomic mass is 19.4. The molecule has 5 nitrogen and oxygen atoms in total. The van der Waals surface area contributed by atoms with E-state index in [9.17, 15) is 22.8 Å². The first-order valence-corrected chi connectivity index (χ1v) is 8.54. The monoisotopic (exact) mass is 389 g/mol. The number of halogens is 3. The molecule has 146 valence electrons. The van der Waals surface area contributed by atoms with Crippen molar-refractivity contribution >= 4 is 22.7 Å². The molecule has 1 aromatic heterocycles. The van der Waals surface area contributed by atoms with Gasteiger partial charge in [-0.15, -0.1) is 0 Å².